The minimum atomic E-state index is 0.594. The van der Waals surface area contributed by atoms with Gasteiger partial charge in [-0.1, -0.05) is 13.3 Å². The molecule has 2 rings (SSSR count). The second-order valence-electron chi connectivity index (χ2n) is 4.04. The summed E-state index contributed by atoms with van der Waals surface area (Å²) in [4.78, 5) is 4.25. The molecule has 3 nitrogen and oxygen atoms in total. The van der Waals surface area contributed by atoms with E-state index in [0.29, 0.717) is 6.04 Å². The van der Waals surface area contributed by atoms with Crippen LogP contribution in [0, 0.1) is 12.8 Å². The molecule has 0 spiro atoms. The zero-order chi connectivity index (χ0) is 10.1. The second-order valence-corrected chi connectivity index (χ2v) is 4.04. The van der Waals surface area contributed by atoms with Crippen LogP contribution in [0.4, 0.5) is 11.5 Å². The van der Waals surface area contributed by atoms with Gasteiger partial charge in [0.2, 0.25) is 0 Å². The number of aryl methyl sites for hydroxylation is 1. The summed E-state index contributed by atoms with van der Waals surface area (Å²) in [6, 6.07) is 2.53. The van der Waals surface area contributed by atoms with Gasteiger partial charge in [-0.25, -0.2) is 4.98 Å². The largest absolute Gasteiger partial charge is 0.396 e. The van der Waals surface area contributed by atoms with Crippen LogP contribution in [-0.2, 0) is 0 Å². The molecular weight excluding hydrogens is 174 g/mol. The van der Waals surface area contributed by atoms with E-state index in [1.165, 1.54) is 12.8 Å². The van der Waals surface area contributed by atoms with Gasteiger partial charge in [0.25, 0.3) is 0 Å². The van der Waals surface area contributed by atoms with Crippen LogP contribution in [-0.4, -0.2) is 11.0 Å². The van der Waals surface area contributed by atoms with Crippen LogP contribution in [0.15, 0.2) is 12.3 Å². The Kier molecular flexibility index (Phi) is 2.32. The maximum absolute atomic E-state index is 5.92. The predicted octanol–water partition coefficient (Wildman–Crippen LogP) is 2.18. The first-order chi connectivity index (χ1) is 6.72. The highest BCUT2D eigenvalue weighted by Gasteiger charge is 2.35. The number of aromatic nitrogens is 1. The summed E-state index contributed by atoms with van der Waals surface area (Å²) in [5.74, 6) is 1.67. The maximum atomic E-state index is 5.92. The Morgan fingerprint density at radius 2 is 2.43 bits per heavy atom. The SMILES string of the molecule is CCC1CC1Nc1nccc(C)c1N. The molecule has 0 bridgehead atoms. The van der Waals surface area contributed by atoms with Crippen molar-refractivity contribution in [2.24, 2.45) is 5.92 Å². The quantitative estimate of drug-likeness (QED) is 0.770. The van der Waals surface area contributed by atoms with E-state index in [-0.39, 0.29) is 0 Å². The van der Waals surface area contributed by atoms with Crippen LogP contribution >= 0.6 is 0 Å². The second kappa shape index (κ2) is 3.48. The van der Waals surface area contributed by atoms with E-state index >= 15 is 0 Å². The summed E-state index contributed by atoms with van der Waals surface area (Å²) in [6.45, 7) is 4.23. The van der Waals surface area contributed by atoms with Crippen molar-refractivity contribution < 1.29 is 0 Å². The van der Waals surface area contributed by atoms with Gasteiger partial charge in [0.15, 0.2) is 0 Å². The van der Waals surface area contributed by atoms with Crippen LogP contribution in [0.2, 0.25) is 0 Å². The molecule has 14 heavy (non-hydrogen) atoms. The molecule has 1 aromatic heterocycles. The fourth-order valence-corrected chi connectivity index (χ4v) is 1.74. The van der Waals surface area contributed by atoms with E-state index in [1.54, 1.807) is 6.20 Å². The van der Waals surface area contributed by atoms with Crippen LogP contribution in [0.1, 0.15) is 25.3 Å². The number of nitrogens with zero attached hydrogens (tertiary/aromatic N) is 1. The number of hydrogen-bond donors (Lipinski definition) is 2. The smallest absolute Gasteiger partial charge is 0.149 e. The molecule has 3 N–H and O–H groups in total. The van der Waals surface area contributed by atoms with Gasteiger partial charge in [-0.3, -0.25) is 0 Å². The third-order valence-electron chi connectivity index (χ3n) is 2.98. The highest BCUT2D eigenvalue weighted by Crippen LogP contribution is 2.36. The first kappa shape index (κ1) is 9.31. The molecule has 0 radical (unpaired) electrons. The van der Waals surface area contributed by atoms with Crippen molar-refractivity contribution in [3.63, 3.8) is 0 Å². The van der Waals surface area contributed by atoms with Gasteiger partial charge in [-0.15, -0.1) is 0 Å². The topological polar surface area (TPSA) is 50.9 Å². The van der Waals surface area contributed by atoms with E-state index in [9.17, 15) is 0 Å². The standard InChI is InChI=1S/C11H17N3/c1-3-8-6-9(8)14-11-10(12)7(2)4-5-13-11/h4-5,8-9H,3,6,12H2,1-2H3,(H,13,14). The number of nitrogens with two attached hydrogens (primary N) is 1. The highest BCUT2D eigenvalue weighted by molar-refractivity contribution is 5.65. The Morgan fingerprint density at radius 1 is 1.64 bits per heavy atom. The van der Waals surface area contributed by atoms with E-state index in [0.717, 1.165) is 23.0 Å². The molecular formula is C11H17N3. The van der Waals surface area contributed by atoms with Crippen LogP contribution in [0.3, 0.4) is 0 Å². The zero-order valence-electron chi connectivity index (χ0n) is 8.75. The molecule has 0 amide bonds. The van der Waals surface area contributed by atoms with Gasteiger partial charge in [0, 0.05) is 12.2 Å². The molecule has 1 saturated carbocycles. The molecule has 1 aromatic rings. The lowest BCUT2D eigenvalue weighted by Gasteiger charge is -2.09. The van der Waals surface area contributed by atoms with Crippen molar-refractivity contribution in [2.75, 3.05) is 11.1 Å². The summed E-state index contributed by atoms with van der Waals surface area (Å²) in [5.41, 5.74) is 7.80. The summed E-state index contributed by atoms with van der Waals surface area (Å²) in [6.07, 6.45) is 4.30. The first-order valence-electron chi connectivity index (χ1n) is 5.20. The Labute approximate surface area is 84.7 Å². The lowest BCUT2D eigenvalue weighted by atomic mass is 10.2. The minimum absolute atomic E-state index is 0.594. The fraction of sp³-hybridized carbons (Fsp3) is 0.545. The summed E-state index contributed by atoms with van der Waals surface area (Å²) in [5, 5.41) is 3.39. The molecule has 2 unspecified atom stereocenters. The number of hydrogen-bond acceptors (Lipinski definition) is 3. The lowest BCUT2D eigenvalue weighted by Crippen LogP contribution is -2.09. The number of pyridine rings is 1. The van der Waals surface area contributed by atoms with Gasteiger partial charge < -0.3 is 11.1 Å². The number of nitrogen functional groups attached to an aromatic ring is 1. The van der Waals surface area contributed by atoms with Gasteiger partial charge >= 0.3 is 0 Å². The Morgan fingerprint density at radius 3 is 3.07 bits per heavy atom. The Hall–Kier alpha value is -1.25. The zero-order valence-corrected chi connectivity index (χ0v) is 8.75. The van der Waals surface area contributed by atoms with Crippen LogP contribution in [0.25, 0.3) is 0 Å². The van der Waals surface area contributed by atoms with E-state index in [2.05, 4.69) is 17.2 Å². The van der Waals surface area contributed by atoms with Gasteiger partial charge in [0.05, 0.1) is 5.69 Å². The monoisotopic (exact) mass is 191 g/mol. The van der Waals surface area contributed by atoms with E-state index in [1.807, 2.05) is 13.0 Å². The summed E-state index contributed by atoms with van der Waals surface area (Å²) in [7, 11) is 0. The number of nitrogens with one attached hydrogen (secondary N) is 1. The molecule has 0 aromatic carbocycles. The molecule has 3 heteroatoms. The molecule has 0 aliphatic heterocycles. The first-order valence-corrected chi connectivity index (χ1v) is 5.20. The average molecular weight is 191 g/mol. The number of anilines is 2. The lowest BCUT2D eigenvalue weighted by molar-refractivity contribution is 0.773. The van der Waals surface area contributed by atoms with Crippen LogP contribution in [0.5, 0.6) is 0 Å². The van der Waals surface area contributed by atoms with Crippen LogP contribution < -0.4 is 11.1 Å². The van der Waals surface area contributed by atoms with Gasteiger partial charge in [0.1, 0.15) is 5.82 Å². The summed E-state index contributed by atoms with van der Waals surface area (Å²) < 4.78 is 0. The molecule has 2 atom stereocenters. The maximum Gasteiger partial charge on any atom is 0.149 e. The van der Waals surface area contributed by atoms with Crippen molar-refractivity contribution in [1.82, 2.24) is 4.98 Å². The fourth-order valence-electron chi connectivity index (χ4n) is 1.74. The predicted molar refractivity (Wildman–Crippen MR) is 59.2 cm³/mol. The molecule has 76 valence electrons. The van der Waals surface area contributed by atoms with Crippen molar-refractivity contribution in [1.29, 1.82) is 0 Å². The Balaban J connectivity index is 2.07. The van der Waals surface area contributed by atoms with Crippen molar-refractivity contribution in [2.45, 2.75) is 32.7 Å². The van der Waals surface area contributed by atoms with Crippen molar-refractivity contribution in [3.05, 3.63) is 17.8 Å². The molecule has 1 fully saturated rings. The Bertz CT molecular complexity index is 335. The molecule has 1 heterocycles. The summed E-state index contributed by atoms with van der Waals surface area (Å²) >= 11 is 0. The highest BCUT2D eigenvalue weighted by atomic mass is 15.1. The van der Waals surface area contributed by atoms with E-state index < -0.39 is 0 Å². The third-order valence-corrected chi connectivity index (χ3v) is 2.98. The molecule has 0 saturated heterocycles. The van der Waals surface area contributed by atoms with Crippen molar-refractivity contribution >= 4 is 11.5 Å². The normalized spacial score (nSPS) is 24.7. The molecule has 1 aliphatic rings. The van der Waals surface area contributed by atoms with Gasteiger partial charge in [-0.05, 0) is 30.9 Å². The number of rotatable bonds is 3. The third kappa shape index (κ3) is 1.67. The average Bonchev–Trinajstić information content (AvgIpc) is 2.92. The minimum Gasteiger partial charge on any atom is -0.396 e. The van der Waals surface area contributed by atoms with Crippen molar-refractivity contribution in [3.8, 4) is 0 Å². The molecule has 1 aliphatic carbocycles. The van der Waals surface area contributed by atoms with E-state index in [4.69, 9.17) is 5.73 Å². The van der Waals surface area contributed by atoms with Gasteiger partial charge in [-0.2, -0.15) is 0 Å².